The van der Waals surface area contributed by atoms with Gasteiger partial charge >= 0.3 is 7.12 Å². The molecule has 7 heteroatoms. The predicted octanol–water partition coefficient (Wildman–Crippen LogP) is 0.657. The van der Waals surface area contributed by atoms with E-state index in [-0.39, 0.29) is 11.3 Å². The van der Waals surface area contributed by atoms with Crippen LogP contribution in [-0.2, 0) is 19.4 Å². The number of aromatic nitrogens is 2. The molecule has 2 aromatic rings. The third-order valence-corrected chi connectivity index (χ3v) is 5.38. The Morgan fingerprint density at radius 3 is 2.72 bits per heavy atom. The van der Waals surface area contributed by atoms with Crippen LogP contribution in [0.4, 0.5) is 5.82 Å². The van der Waals surface area contributed by atoms with E-state index in [0.717, 1.165) is 19.4 Å². The van der Waals surface area contributed by atoms with Crippen molar-refractivity contribution in [1.82, 2.24) is 9.55 Å². The summed E-state index contributed by atoms with van der Waals surface area (Å²) in [6, 6.07) is 3.59. The molecule has 0 atom stereocenters. The minimum atomic E-state index is -1.57. The zero-order valence-electron chi connectivity index (χ0n) is 14.8. The highest BCUT2D eigenvalue weighted by atomic mass is 16.4. The molecule has 2 aliphatic rings. The molecule has 0 unspecified atom stereocenters. The lowest BCUT2D eigenvalue weighted by atomic mass is 9.78. The first-order chi connectivity index (χ1) is 11.8. The number of hydrogen-bond donors (Lipinski definition) is 2. The van der Waals surface area contributed by atoms with E-state index >= 15 is 0 Å². The summed E-state index contributed by atoms with van der Waals surface area (Å²) >= 11 is 0. The van der Waals surface area contributed by atoms with Gasteiger partial charge in [-0.05, 0) is 53.9 Å². The maximum atomic E-state index is 13.1. The van der Waals surface area contributed by atoms with E-state index < -0.39 is 7.12 Å². The second-order valence-electron chi connectivity index (χ2n) is 7.85. The van der Waals surface area contributed by atoms with Gasteiger partial charge in [-0.15, -0.1) is 0 Å². The van der Waals surface area contributed by atoms with Crippen LogP contribution in [0.5, 0.6) is 0 Å². The van der Waals surface area contributed by atoms with Crippen molar-refractivity contribution in [2.75, 3.05) is 11.4 Å². The third-order valence-electron chi connectivity index (χ3n) is 5.38. The van der Waals surface area contributed by atoms with Gasteiger partial charge in [0.05, 0.1) is 0 Å². The predicted molar refractivity (Wildman–Crippen MR) is 96.1 cm³/mol. The van der Waals surface area contributed by atoms with Crippen LogP contribution in [0.1, 0.15) is 41.2 Å². The third kappa shape index (κ3) is 2.50. The van der Waals surface area contributed by atoms with E-state index in [4.69, 9.17) is 0 Å². The van der Waals surface area contributed by atoms with Gasteiger partial charge in [0.25, 0.3) is 5.91 Å². The first kappa shape index (κ1) is 16.4. The van der Waals surface area contributed by atoms with Gasteiger partial charge in [0.15, 0.2) is 0 Å². The summed E-state index contributed by atoms with van der Waals surface area (Å²) in [4.78, 5) is 19.0. The highest BCUT2D eigenvalue weighted by Gasteiger charge is 2.37. The molecule has 0 saturated carbocycles. The largest absolute Gasteiger partial charge is 0.488 e. The summed E-state index contributed by atoms with van der Waals surface area (Å²) in [5.41, 5.74) is 4.54. The standard InChI is InChI=1S/C18H22BN3O3/c1-11-13(19(24)25)4-5-20-16(11)22-7-6-21-14(17(22)23)8-12-9-18(2,3)10-15(12)21/h4-5,8,24-25H,6-7,9-10H2,1-3H3. The van der Waals surface area contributed by atoms with Crippen LogP contribution in [0.25, 0.3) is 0 Å². The fourth-order valence-corrected chi connectivity index (χ4v) is 4.20. The SMILES string of the molecule is Cc1c(B(O)O)ccnc1N1CCn2c(cc3c2CC(C)(C)C3)C1=O. The van der Waals surface area contributed by atoms with Gasteiger partial charge in [-0.2, -0.15) is 0 Å². The fraction of sp³-hybridized carbons (Fsp3) is 0.444. The Kier molecular flexibility index (Phi) is 3.56. The number of nitrogens with zero attached hydrogens (tertiary/aromatic N) is 3. The Bertz CT molecular complexity index is 873. The molecule has 0 fully saturated rings. The van der Waals surface area contributed by atoms with Gasteiger partial charge in [-0.1, -0.05) is 13.8 Å². The molecule has 1 aliphatic carbocycles. The molecule has 6 nitrogen and oxygen atoms in total. The van der Waals surface area contributed by atoms with E-state index in [1.165, 1.54) is 17.5 Å². The Balaban J connectivity index is 1.72. The zero-order valence-corrected chi connectivity index (χ0v) is 14.8. The van der Waals surface area contributed by atoms with Crippen LogP contribution < -0.4 is 10.4 Å². The first-order valence-corrected chi connectivity index (χ1v) is 8.63. The quantitative estimate of drug-likeness (QED) is 0.788. The molecular weight excluding hydrogens is 317 g/mol. The number of pyridine rings is 1. The van der Waals surface area contributed by atoms with Gasteiger partial charge in [0.2, 0.25) is 0 Å². The number of anilines is 1. The van der Waals surface area contributed by atoms with Crippen LogP contribution in [0.3, 0.4) is 0 Å². The summed E-state index contributed by atoms with van der Waals surface area (Å²) in [6.07, 6.45) is 3.51. The molecule has 4 rings (SSSR count). The number of amides is 1. The average Bonchev–Trinajstić information content (AvgIpc) is 3.01. The van der Waals surface area contributed by atoms with Crippen LogP contribution in [0, 0.1) is 12.3 Å². The van der Waals surface area contributed by atoms with Crippen molar-refractivity contribution in [3.8, 4) is 0 Å². The number of carbonyl (C=O) groups excluding carboxylic acids is 1. The molecule has 0 saturated heterocycles. The fourth-order valence-electron chi connectivity index (χ4n) is 4.20. The molecule has 0 radical (unpaired) electrons. The summed E-state index contributed by atoms with van der Waals surface area (Å²) in [5.74, 6) is 0.433. The van der Waals surface area contributed by atoms with Crippen molar-refractivity contribution >= 4 is 24.3 Å². The first-order valence-electron chi connectivity index (χ1n) is 8.63. The summed E-state index contributed by atoms with van der Waals surface area (Å²) < 4.78 is 2.16. The molecule has 130 valence electrons. The molecule has 0 bridgehead atoms. The molecule has 25 heavy (non-hydrogen) atoms. The maximum absolute atomic E-state index is 13.1. The Labute approximate surface area is 147 Å². The number of carbonyl (C=O) groups is 1. The van der Waals surface area contributed by atoms with Crippen molar-refractivity contribution in [3.05, 3.63) is 40.8 Å². The van der Waals surface area contributed by atoms with Crippen molar-refractivity contribution in [3.63, 3.8) is 0 Å². The summed E-state index contributed by atoms with van der Waals surface area (Å²) in [6.45, 7) is 7.55. The van der Waals surface area contributed by atoms with E-state index in [0.29, 0.717) is 29.1 Å². The second-order valence-corrected chi connectivity index (χ2v) is 7.85. The lowest BCUT2D eigenvalue weighted by Gasteiger charge is -2.30. The van der Waals surface area contributed by atoms with E-state index in [1.54, 1.807) is 17.9 Å². The smallest absolute Gasteiger partial charge is 0.423 e. The van der Waals surface area contributed by atoms with Gasteiger partial charge in [-0.25, -0.2) is 4.98 Å². The molecule has 0 aromatic carbocycles. The summed E-state index contributed by atoms with van der Waals surface area (Å²) in [7, 11) is -1.57. The van der Waals surface area contributed by atoms with Crippen molar-refractivity contribution in [2.24, 2.45) is 5.41 Å². The molecular formula is C18H22BN3O3. The zero-order chi connectivity index (χ0) is 17.9. The summed E-state index contributed by atoms with van der Waals surface area (Å²) in [5, 5.41) is 19.0. The van der Waals surface area contributed by atoms with Gasteiger partial charge in [0, 0.05) is 25.0 Å². The van der Waals surface area contributed by atoms with Crippen LogP contribution in [0.2, 0.25) is 0 Å². The Morgan fingerprint density at radius 2 is 2.00 bits per heavy atom. The van der Waals surface area contributed by atoms with Gasteiger partial charge < -0.3 is 14.6 Å². The van der Waals surface area contributed by atoms with Crippen LogP contribution in [-0.4, -0.2) is 39.2 Å². The maximum Gasteiger partial charge on any atom is 0.488 e. The van der Waals surface area contributed by atoms with Crippen molar-refractivity contribution < 1.29 is 14.8 Å². The topological polar surface area (TPSA) is 78.6 Å². The molecule has 0 spiro atoms. The highest BCUT2D eigenvalue weighted by molar-refractivity contribution is 6.59. The molecule has 1 amide bonds. The molecule has 2 aromatic heterocycles. The highest BCUT2D eigenvalue weighted by Crippen LogP contribution is 2.39. The monoisotopic (exact) mass is 339 g/mol. The number of rotatable bonds is 2. The molecule has 1 aliphatic heterocycles. The number of fused-ring (bicyclic) bond motifs is 3. The van der Waals surface area contributed by atoms with E-state index in [9.17, 15) is 14.8 Å². The van der Waals surface area contributed by atoms with Crippen molar-refractivity contribution in [2.45, 2.75) is 40.2 Å². The van der Waals surface area contributed by atoms with Crippen molar-refractivity contribution in [1.29, 1.82) is 0 Å². The Hall–Kier alpha value is -2.12. The number of hydrogen-bond acceptors (Lipinski definition) is 4. The van der Waals surface area contributed by atoms with E-state index in [2.05, 4.69) is 23.4 Å². The van der Waals surface area contributed by atoms with Crippen LogP contribution >= 0.6 is 0 Å². The molecule has 2 N–H and O–H groups in total. The van der Waals surface area contributed by atoms with Gasteiger partial charge in [-0.3, -0.25) is 9.69 Å². The average molecular weight is 339 g/mol. The lowest BCUT2D eigenvalue weighted by molar-refractivity contribution is 0.0963. The van der Waals surface area contributed by atoms with Gasteiger partial charge in [0.1, 0.15) is 11.5 Å². The lowest BCUT2D eigenvalue weighted by Crippen LogP contribution is -2.43. The minimum Gasteiger partial charge on any atom is -0.423 e. The normalized spacial score (nSPS) is 18.3. The molecule has 3 heterocycles. The Morgan fingerprint density at radius 1 is 1.24 bits per heavy atom. The van der Waals surface area contributed by atoms with Crippen LogP contribution in [0.15, 0.2) is 18.3 Å². The second kappa shape index (κ2) is 5.44. The van der Waals surface area contributed by atoms with E-state index in [1.807, 2.05) is 6.07 Å². The minimum absolute atomic E-state index is 0.0707.